The first-order valence-corrected chi connectivity index (χ1v) is 3.97. The lowest BCUT2D eigenvalue weighted by atomic mass is 10.3. The SMILES string of the molecule is NC(=O)c1cnc2ccccc2[n+]1[O-]. The molecule has 0 aliphatic heterocycles. The molecule has 0 bridgehead atoms. The van der Waals surface area contributed by atoms with Crippen LogP contribution in [0.25, 0.3) is 11.0 Å². The Balaban J connectivity index is 2.81. The van der Waals surface area contributed by atoms with Crippen molar-refractivity contribution in [3.8, 4) is 0 Å². The third kappa shape index (κ3) is 1.15. The summed E-state index contributed by atoms with van der Waals surface area (Å²) in [4.78, 5) is 14.8. The third-order valence-corrected chi connectivity index (χ3v) is 1.90. The molecule has 0 aliphatic rings. The molecule has 0 saturated heterocycles. The number of amides is 1. The topological polar surface area (TPSA) is 82.9 Å². The number of nitrogens with two attached hydrogens (primary N) is 1. The normalized spacial score (nSPS) is 10.3. The van der Waals surface area contributed by atoms with Crippen molar-refractivity contribution in [2.45, 2.75) is 0 Å². The Morgan fingerprint density at radius 1 is 1.43 bits per heavy atom. The van der Waals surface area contributed by atoms with Gasteiger partial charge in [-0.15, -0.1) is 0 Å². The minimum atomic E-state index is -0.779. The molecule has 0 radical (unpaired) electrons. The summed E-state index contributed by atoms with van der Waals surface area (Å²) in [5.74, 6) is -0.779. The van der Waals surface area contributed by atoms with Gasteiger partial charge in [0.05, 0.1) is 0 Å². The van der Waals surface area contributed by atoms with Crippen molar-refractivity contribution < 1.29 is 9.52 Å². The fourth-order valence-corrected chi connectivity index (χ4v) is 1.22. The highest BCUT2D eigenvalue weighted by Gasteiger charge is 2.15. The number of carbonyl (C=O) groups excluding carboxylic acids is 1. The van der Waals surface area contributed by atoms with E-state index in [-0.39, 0.29) is 5.69 Å². The molecular weight excluding hydrogens is 182 g/mol. The number of hydrogen-bond acceptors (Lipinski definition) is 3. The van der Waals surface area contributed by atoms with E-state index in [1.54, 1.807) is 24.3 Å². The summed E-state index contributed by atoms with van der Waals surface area (Å²) in [6.45, 7) is 0. The lowest BCUT2D eigenvalue weighted by molar-refractivity contribution is -0.579. The second-order valence-corrected chi connectivity index (χ2v) is 2.79. The van der Waals surface area contributed by atoms with Gasteiger partial charge >= 0.3 is 11.6 Å². The number of rotatable bonds is 1. The molecule has 1 heterocycles. The van der Waals surface area contributed by atoms with E-state index in [0.29, 0.717) is 15.8 Å². The number of fused-ring (bicyclic) bond motifs is 1. The molecule has 70 valence electrons. The maximum atomic E-state index is 11.5. The van der Waals surface area contributed by atoms with E-state index in [0.717, 1.165) is 0 Å². The Morgan fingerprint density at radius 3 is 2.86 bits per heavy atom. The molecule has 1 amide bonds. The maximum absolute atomic E-state index is 11.5. The second-order valence-electron chi connectivity index (χ2n) is 2.79. The summed E-state index contributed by atoms with van der Waals surface area (Å²) < 4.78 is 0.491. The number of aromatic nitrogens is 2. The van der Waals surface area contributed by atoms with Crippen LogP contribution >= 0.6 is 0 Å². The Labute approximate surface area is 79.4 Å². The number of para-hydroxylation sites is 2. The standard InChI is InChI=1S/C9H7N3O2/c10-9(13)8-5-11-6-3-1-2-4-7(6)12(8)14/h1-5H,(H2,10,13). The van der Waals surface area contributed by atoms with Crippen LogP contribution in [-0.2, 0) is 0 Å². The zero-order valence-electron chi connectivity index (χ0n) is 7.18. The molecule has 2 aromatic rings. The number of hydrogen-bond donors (Lipinski definition) is 1. The predicted molar refractivity (Wildman–Crippen MR) is 49.2 cm³/mol. The van der Waals surface area contributed by atoms with Gasteiger partial charge in [-0.25, -0.2) is 4.98 Å². The molecule has 0 spiro atoms. The molecule has 5 heteroatoms. The largest absolute Gasteiger partial charge is 0.618 e. The first kappa shape index (κ1) is 8.43. The van der Waals surface area contributed by atoms with E-state index in [1.165, 1.54) is 6.20 Å². The zero-order valence-corrected chi connectivity index (χ0v) is 7.18. The minimum Gasteiger partial charge on any atom is -0.618 e. The fraction of sp³-hybridized carbons (Fsp3) is 0. The van der Waals surface area contributed by atoms with E-state index < -0.39 is 5.91 Å². The van der Waals surface area contributed by atoms with Gasteiger partial charge in [-0.2, -0.15) is 4.73 Å². The molecule has 0 saturated carbocycles. The summed E-state index contributed by atoms with van der Waals surface area (Å²) in [6, 6.07) is 6.73. The first-order valence-electron chi connectivity index (χ1n) is 3.97. The quantitative estimate of drug-likeness (QED) is 0.505. The summed E-state index contributed by atoms with van der Waals surface area (Å²) in [5.41, 5.74) is 5.73. The van der Waals surface area contributed by atoms with Crippen LogP contribution in [0.1, 0.15) is 10.5 Å². The van der Waals surface area contributed by atoms with Crippen LogP contribution in [0.4, 0.5) is 0 Å². The van der Waals surface area contributed by atoms with Crippen molar-refractivity contribution >= 4 is 16.9 Å². The molecule has 2 rings (SSSR count). The predicted octanol–water partition coefficient (Wildman–Crippen LogP) is -0.0329. The molecule has 14 heavy (non-hydrogen) atoms. The van der Waals surface area contributed by atoms with Crippen molar-refractivity contribution in [3.05, 3.63) is 41.4 Å². The third-order valence-electron chi connectivity index (χ3n) is 1.90. The van der Waals surface area contributed by atoms with Crippen molar-refractivity contribution in [1.29, 1.82) is 0 Å². The van der Waals surface area contributed by atoms with E-state index in [4.69, 9.17) is 5.73 Å². The summed E-state index contributed by atoms with van der Waals surface area (Å²) in [7, 11) is 0. The lowest BCUT2D eigenvalue weighted by Crippen LogP contribution is -2.38. The zero-order chi connectivity index (χ0) is 10.1. The van der Waals surface area contributed by atoms with Gasteiger partial charge in [0, 0.05) is 6.07 Å². The van der Waals surface area contributed by atoms with Crippen molar-refractivity contribution in [1.82, 2.24) is 4.98 Å². The van der Waals surface area contributed by atoms with E-state index in [1.807, 2.05) is 0 Å². The van der Waals surface area contributed by atoms with Gasteiger partial charge in [0.1, 0.15) is 11.7 Å². The summed E-state index contributed by atoms with van der Waals surface area (Å²) in [6.07, 6.45) is 1.18. The molecule has 5 nitrogen and oxygen atoms in total. The highest BCUT2D eigenvalue weighted by molar-refractivity contribution is 5.90. The fourth-order valence-electron chi connectivity index (χ4n) is 1.22. The highest BCUT2D eigenvalue weighted by atomic mass is 16.5. The van der Waals surface area contributed by atoms with Crippen LogP contribution in [0.2, 0.25) is 0 Å². The molecule has 0 unspecified atom stereocenters. The lowest BCUT2D eigenvalue weighted by Gasteiger charge is -2.03. The van der Waals surface area contributed by atoms with Gasteiger partial charge in [0.15, 0.2) is 0 Å². The van der Waals surface area contributed by atoms with Crippen LogP contribution in [0.5, 0.6) is 0 Å². The van der Waals surface area contributed by atoms with Crippen LogP contribution in [0.3, 0.4) is 0 Å². The molecule has 1 aromatic heterocycles. The van der Waals surface area contributed by atoms with Gasteiger partial charge in [0.25, 0.3) is 0 Å². The molecule has 0 atom stereocenters. The number of carbonyl (C=O) groups is 1. The Kier molecular flexibility index (Phi) is 1.78. The Bertz CT molecular complexity index is 510. The van der Waals surface area contributed by atoms with Crippen LogP contribution in [-0.4, -0.2) is 10.9 Å². The van der Waals surface area contributed by atoms with Gasteiger partial charge in [-0.3, -0.25) is 4.79 Å². The number of nitrogens with zero attached hydrogens (tertiary/aromatic N) is 2. The van der Waals surface area contributed by atoms with Gasteiger partial charge in [-0.05, 0) is 6.07 Å². The Hall–Kier alpha value is -2.17. The van der Waals surface area contributed by atoms with Crippen molar-refractivity contribution in [3.63, 3.8) is 0 Å². The van der Waals surface area contributed by atoms with E-state index >= 15 is 0 Å². The van der Waals surface area contributed by atoms with Gasteiger partial charge < -0.3 is 10.9 Å². The monoisotopic (exact) mass is 189 g/mol. The first-order chi connectivity index (χ1) is 6.70. The van der Waals surface area contributed by atoms with Crippen LogP contribution in [0, 0.1) is 5.21 Å². The Morgan fingerprint density at radius 2 is 2.14 bits per heavy atom. The van der Waals surface area contributed by atoms with Crippen molar-refractivity contribution in [2.24, 2.45) is 5.73 Å². The second kappa shape index (κ2) is 2.95. The average molecular weight is 189 g/mol. The van der Waals surface area contributed by atoms with Crippen molar-refractivity contribution in [2.75, 3.05) is 0 Å². The highest BCUT2D eigenvalue weighted by Crippen LogP contribution is 2.05. The maximum Gasteiger partial charge on any atom is 0.316 e. The average Bonchev–Trinajstić information content (AvgIpc) is 2.18. The van der Waals surface area contributed by atoms with E-state index in [2.05, 4.69) is 4.98 Å². The van der Waals surface area contributed by atoms with E-state index in [9.17, 15) is 10.0 Å². The molecule has 1 aromatic carbocycles. The molecule has 0 aliphatic carbocycles. The number of primary amides is 1. The smallest absolute Gasteiger partial charge is 0.316 e. The van der Waals surface area contributed by atoms with Crippen LogP contribution in [0.15, 0.2) is 30.5 Å². The molecule has 2 N–H and O–H groups in total. The van der Waals surface area contributed by atoms with Gasteiger partial charge in [0.2, 0.25) is 5.52 Å². The molecular formula is C9H7N3O2. The van der Waals surface area contributed by atoms with Gasteiger partial charge in [-0.1, -0.05) is 12.1 Å². The summed E-state index contributed by atoms with van der Waals surface area (Å²) in [5, 5.41) is 11.5. The van der Waals surface area contributed by atoms with Crippen LogP contribution < -0.4 is 10.5 Å². The summed E-state index contributed by atoms with van der Waals surface area (Å²) >= 11 is 0. The number of benzene rings is 1. The molecule has 0 fully saturated rings. The minimum absolute atomic E-state index is 0.149.